The number of benzene rings is 2. The van der Waals surface area contributed by atoms with Crippen molar-refractivity contribution in [2.45, 2.75) is 82.8 Å². The highest BCUT2D eigenvalue weighted by Crippen LogP contribution is 2.21. The summed E-state index contributed by atoms with van der Waals surface area (Å²) in [6.45, 7) is 4.24. The molecule has 312 valence electrons. The summed E-state index contributed by atoms with van der Waals surface area (Å²) >= 11 is 0. The number of hydrogen-bond donors (Lipinski definition) is 7. The Labute approximate surface area is 343 Å². The van der Waals surface area contributed by atoms with Crippen molar-refractivity contribution in [1.29, 1.82) is 0 Å². The molecule has 5 rings (SSSR count). The fourth-order valence-corrected chi connectivity index (χ4v) is 6.95. The van der Waals surface area contributed by atoms with Crippen LogP contribution in [0.5, 0.6) is 0 Å². The average Bonchev–Trinajstić information content (AvgIpc) is 3.75. The van der Waals surface area contributed by atoms with Crippen LogP contribution >= 0.6 is 0 Å². The van der Waals surface area contributed by atoms with Crippen LogP contribution in [0.3, 0.4) is 0 Å². The van der Waals surface area contributed by atoms with E-state index in [0.29, 0.717) is 49.9 Å². The predicted molar refractivity (Wildman–Crippen MR) is 220 cm³/mol. The molecule has 0 radical (unpaired) electrons. The van der Waals surface area contributed by atoms with Crippen molar-refractivity contribution in [3.8, 4) is 0 Å². The molecule has 1 unspecified atom stereocenters. The van der Waals surface area contributed by atoms with Crippen LogP contribution < -0.4 is 32.3 Å². The van der Waals surface area contributed by atoms with Gasteiger partial charge in [-0.05, 0) is 48.6 Å². The van der Waals surface area contributed by atoms with Gasteiger partial charge in [-0.3, -0.25) is 38.7 Å². The maximum Gasteiger partial charge on any atom is 0.270 e. The Hall–Kier alpha value is -6.26. The summed E-state index contributed by atoms with van der Waals surface area (Å²) in [5, 5.41) is 25.8. The van der Waals surface area contributed by atoms with E-state index in [9.17, 15) is 33.9 Å². The maximum atomic E-state index is 13.8. The second-order valence-corrected chi connectivity index (χ2v) is 14.7. The molecular weight excluding hydrogens is 755 g/mol. The molecule has 8 N–H and O–H groups in total. The number of fused-ring (bicyclic) bond motifs is 1. The maximum absolute atomic E-state index is 13.8. The van der Waals surface area contributed by atoms with Gasteiger partial charge in [0.1, 0.15) is 30.0 Å². The Balaban J connectivity index is 1.21. The number of primary amides is 1. The molecule has 4 aromatic rings. The first-order chi connectivity index (χ1) is 28.4. The summed E-state index contributed by atoms with van der Waals surface area (Å²) in [6, 6.07) is 20.7. The Morgan fingerprint density at radius 2 is 1.59 bits per heavy atom. The zero-order valence-electron chi connectivity index (χ0n) is 33.3. The molecule has 1 fully saturated rings. The van der Waals surface area contributed by atoms with Gasteiger partial charge >= 0.3 is 0 Å². The van der Waals surface area contributed by atoms with Crippen LogP contribution in [-0.4, -0.2) is 105 Å². The highest BCUT2D eigenvalue weighted by molar-refractivity contribution is 6.00. The van der Waals surface area contributed by atoms with E-state index in [1.54, 1.807) is 59.6 Å². The molecule has 1 aliphatic heterocycles. The van der Waals surface area contributed by atoms with Gasteiger partial charge in [0.2, 0.25) is 29.5 Å². The fourth-order valence-electron chi connectivity index (χ4n) is 6.95. The number of aromatic nitrogens is 2. The Kier molecular flexibility index (Phi) is 16.0. The second-order valence-electron chi connectivity index (χ2n) is 14.7. The molecule has 0 aliphatic carbocycles. The Bertz CT molecular complexity index is 2070. The third kappa shape index (κ3) is 12.6. The van der Waals surface area contributed by atoms with Gasteiger partial charge in [0.25, 0.3) is 5.91 Å². The zero-order chi connectivity index (χ0) is 42.3. The highest BCUT2D eigenvalue weighted by Gasteiger charge is 2.38. The van der Waals surface area contributed by atoms with E-state index in [1.807, 2.05) is 44.2 Å². The minimum absolute atomic E-state index is 0.0164. The quantitative estimate of drug-likeness (QED) is 0.0672. The molecule has 2 aromatic heterocycles. The zero-order valence-corrected chi connectivity index (χ0v) is 33.3. The minimum Gasteiger partial charge on any atom is -0.376 e. The lowest BCUT2D eigenvalue weighted by Gasteiger charge is -2.31. The van der Waals surface area contributed by atoms with Gasteiger partial charge in [0.05, 0.1) is 24.5 Å². The SMILES string of the molecule is CC[C@H](C)[C@H](NC(=O)[C@@H]1CCCN1C(O)CNC(=O)[C@H](Cc1ccccc1)NC(=O)[C@H](CC(N)=O)NC(=O)c1ccc2ccccc2n1)C(=O)NCCc1ccccn1. The molecule has 2 aromatic carbocycles. The predicted octanol–water partition coefficient (Wildman–Crippen LogP) is 1.12. The summed E-state index contributed by atoms with van der Waals surface area (Å²) in [7, 11) is 0. The van der Waals surface area contributed by atoms with Crippen molar-refractivity contribution in [3.63, 3.8) is 0 Å². The van der Waals surface area contributed by atoms with Gasteiger partial charge in [-0.1, -0.05) is 80.9 Å². The molecule has 16 nitrogen and oxygen atoms in total. The van der Waals surface area contributed by atoms with Gasteiger partial charge < -0.3 is 37.4 Å². The molecule has 0 bridgehead atoms. The minimum atomic E-state index is -1.43. The molecule has 0 saturated carbocycles. The van der Waals surface area contributed by atoms with Crippen LogP contribution in [0.25, 0.3) is 10.9 Å². The summed E-state index contributed by atoms with van der Waals surface area (Å²) in [5.41, 5.74) is 7.58. The smallest absolute Gasteiger partial charge is 0.270 e. The van der Waals surface area contributed by atoms with Crippen molar-refractivity contribution in [3.05, 3.63) is 108 Å². The number of pyridine rings is 2. The largest absolute Gasteiger partial charge is 0.376 e. The van der Waals surface area contributed by atoms with Gasteiger partial charge in [-0.2, -0.15) is 0 Å². The average molecular weight is 808 g/mol. The van der Waals surface area contributed by atoms with Crippen molar-refractivity contribution in [2.75, 3.05) is 19.6 Å². The van der Waals surface area contributed by atoms with Crippen molar-refractivity contribution in [2.24, 2.45) is 11.7 Å². The number of likely N-dealkylation sites (tertiary alicyclic amines) is 1. The number of nitrogens with zero attached hydrogens (tertiary/aromatic N) is 3. The lowest BCUT2D eigenvalue weighted by atomic mass is 9.97. The molecular formula is C43H53N9O7. The van der Waals surface area contributed by atoms with E-state index < -0.39 is 66.4 Å². The molecule has 6 amide bonds. The molecule has 3 heterocycles. The van der Waals surface area contributed by atoms with Crippen LogP contribution in [0.15, 0.2) is 91.1 Å². The van der Waals surface area contributed by atoms with E-state index in [1.165, 1.54) is 6.07 Å². The normalized spacial score (nSPS) is 16.5. The summed E-state index contributed by atoms with van der Waals surface area (Å²) in [4.78, 5) is 89.9. The number of carbonyl (C=O) groups excluding carboxylic acids is 6. The molecule has 0 spiro atoms. The molecule has 6 atom stereocenters. The number of aliphatic hydroxyl groups excluding tert-OH is 1. The summed E-state index contributed by atoms with van der Waals surface area (Å²) in [6.07, 6.45) is 2.09. The molecule has 16 heteroatoms. The van der Waals surface area contributed by atoms with E-state index in [-0.39, 0.29) is 30.5 Å². The first kappa shape index (κ1) is 43.9. The molecule has 59 heavy (non-hydrogen) atoms. The first-order valence-electron chi connectivity index (χ1n) is 19.9. The van der Waals surface area contributed by atoms with E-state index in [0.717, 1.165) is 11.1 Å². The number of carbonyl (C=O) groups is 6. The van der Waals surface area contributed by atoms with Crippen molar-refractivity contribution < 1.29 is 33.9 Å². The van der Waals surface area contributed by atoms with Crippen LogP contribution in [0.4, 0.5) is 0 Å². The number of aliphatic hydroxyl groups is 1. The molecule has 1 aliphatic rings. The lowest BCUT2D eigenvalue weighted by Crippen LogP contribution is -2.58. The van der Waals surface area contributed by atoms with Gasteiger partial charge in [-0.25, -0.2) is 4.98 Å². The van der Waals surface area contributed by atoms with Gasteiger partial charge in [-0.15, -0.1) is 0 Å². The number of nitrogens with two attached hydrogens (primary N) is 1. The number of nitrogens with one attached hydrogen (secondary N) is 5. The van der Waals surface area contributed by atoms with E-state index in [4.69, 9.17) is 5.73 Å². The first-order valence-corrected chi connectivity index (χ1v) is 19.9. The number of amides is 6. The Morgan fingerprint density at radius 3 is 2.32 bits per heavy atom. The third-order valence-electron chi connectivity index (χ3n) is 10.4. The molecule has 1 saturated heterocycles. The second kappa shape index (κ2) is 21.5. The third-order valence-corrected chi connectivity index (χ3v) is 10.4. The standard InChI is InChI=1S/C43H53N9O7/c1-3-27(2)38(43(59)46-22-20-30-15-9-10-21-45-30)51-42(58)35-17-11-23-52(35)37(54)26-47-39(55)33(24-28-12-5-4-6-13-28)49-41(57)34(25-36(44)53)50-40(56)32-19-18-29-14-7-8-16-31(29)48-32/h4-10,12-16,18-19,21,27,33-35,37-38,54H,3,11,17,20,22-26H2,1-2H3,(H2,44,53)(H,46,59)(H,47,55)(H,49,57)(H,50,56)(H,51,58)/t27-,33-,34-,35-,37?,38-/m0/s1. The number of rotatable bonds is 20. The monoisotopic (exact) mass is 807 g/mol. The Morgan fingerprint density at radius 1 is 0.847 bits per heavy atom. The number of hydrogen-bond acceptors (Lipinski definition) is 10. The topological polar surface area (TPSA) is 238 Å². The van der Waals surface area contributed by atoms with Crippen LogP contribution in [0, 0.1) is 5.92 Å². The van der Waals surface area contributed by atoms with Gasteiger partial charge in [0, 0.05) is 43.2 Å². The summed E-state index contributed by atoms with van der Waals surface area (Å²) in [5.74, 6) is -3.95. The van der Waals surface area contributed by atoms with Crippen LogP contribution in [0.1, 0.15) is 61.3 Å². The van der Waals surface area contributed by atoms with Crippen LogP contribution in [-0.2, 0) is 36.8 Å². The number of para-hydroxylation sites is 1. The van der Waals surface area contributed by atoms with E-state index >= 15 is 0 Å². The van der Waals surface area contributed by atoms with Crippen LogP contribution in [0.2, 0.25) is 0 Å². The lowest BCUT2D eigenvalue weighted by molar-refractivity contribution is -0.135. The van der Waals surface area contributed by atoms with E-state index in [2.05, 4.69) is 36.6 Å². The van der Waals surface area contributed by atoms with Crippen molar-refractivity contribution >= 4 is 46.3 Å². The highest BCUT2D eigenvalue weighted by atomic mass is 16.3. The van der Waals surface area contributed by atoms with Crippen molar-refractivity contribution in [1.82, 2.24) is 41.5 Å². The fraction of sp³-hybridized carbons (Fsp3) is 0.395. The van der Waals surface area contributed by atoms with Gasteiger partial charge in [0.15, 0.2) is 0 Å². The summed E-state index contributed by atoms with van der Waals surface area (Å²) < 4.78 is 0.